The van der Waals surface area contributed by atoms with E-state index < -0.39 is 5.97 Å². The minimum absolute atomic E-state index is 0.0247. The first-order valence-electron chi connectivity index (χ1n) is 5.34. The van der Waals surface area contributed by atoms with Crippen LogP contribution in [0.2, 0.25) is 0 Å². The number of rotatable bonds is 10. The number of aliphatic hydroxyl groups excluding tert-OH is 1. The van der Waals surface area contributed by atoms with Crippen molar-refractivity contribution < 1.29 is 24.5 Å². The maximum Gasteiger partial charge on any atom is 0.303 e. The molecular weight excluding hydrogens is 214 g/mol. The van der Waals surface area contributed by atoms with Gasteiger partial charge in [-0.3, -0.25) is 9.59 Å². The average Bonchev–Trinajstić information content (AvgIpc) is 2.24. The van der Waals surface area contributed by atoms with Crippen LogP contribution in [0.1, 0.15) is 25.7 Å². The Balaban J connectivity index is 3.21. The second kappa shape index (κ2) is 10.4. The number of carboxylic acids is 1. The van der Waals surface area contributed by atoms with Crippen LogP contribution in [0.15, 0.2) is 0 Å². The van der Waals surface area contributed by atoms with Crippen molar-refractivity contribution in [3.63, 3.8) is 0 Å². The second-order valence-electron chi connectivity index (χ2n) is 3.29. The molecular formula is C10H19NO5. The maximum atomic E-state index is 11.2. The number of hydrogen-bond donors (Lipinski definition) is 3. The van der Waals surface area contributed by atoms with E-state index in [1.54, 1.807) is 0 Å². The van der Waals surface area contributed by atoms with Crippen molar-refractivity contribution in [2.24, 2.45) is 0 Å². The van der Waals surface area contributed by atoms with Gasteiger partial charge in [-0.2, -0.15) is 0 Å². The third-order valence-electron chi connectivity index (χ3n) is 1.85. The zero-order valence-electron chi connectivity index (χ0n) is 9.28. The molecule has 94 valence electrons. The third-order valence-corrected chi connectivity index (χ3v) is 1.85. The standard InChI is InChI=1S/C10H19NO5/c12-6-8-16-7-5-11-9(13)3-1-2-4-10(14)15/h12H,1-8H2,(H,11,13)(H,14,15). The Bertz CT molecular complexity index is 207. The van der Waals surface area contributed by atoms with Crippen LogP contribution in [0.3, 0.4) is 0 Å². The number of aliphatic hydroxyl groups is 1. The lowest BCUT2D eigenvalue weighted by molar-refractivity contribution is -0.137. The summed E-state index contributed by atoms with van der Waals surface area (Å²) >= 11 is 0. The van der Waals surface area contributed by atoms with Crippen LogP contribution in [0.4, 0.5) is 0 Å². The Kier molecular flexibility index (Phi) is 9.64. The molecule has 0 rings (SSSR count). The molecule has 0 aliphatic carbocycles. The first-order valence-corrected chi connectivity index (χ1v) is 5.34. The highest BCUT2D eigenvalue weighted by atomic mass is 16.5. The van der Waals surface area contributed by atoms with Gasteiger partial charge < -0.3 is 20.3 Å². The highest BCUT2D eigenvalue weighted by Gasteiger charge is 2.02. The summed E-state index contributed by atoms with van der Waals surface area (Å²) in [6.45, 7) is 1.04. The number of carboxylic acid groups (broad SMARTS) is 1. The number of amides is 1. The lowest BCUT2D eigenvalue weighted by Crippen LogP contribution is -2.27. The van der Waals surface area contributed by atoms with Gasteiger partial charge in [0, 0.05) is 19.4 Å². The zero-order chi connectivity index (χ0) is 12.2. The number of carbonyl (C=O) groups excluding carboxylic acids is 1. The van der Waals surface area contributed by atoms with E-state index in [0.717, 1.165) is 0 Å². The Labute approximate surface area is 94.6 Å². The van der Waals surface area contributed by atoms with Crippen molar-refractivity contribution in [2.75, 3.05) is 26.4 Å². The van der Waals surface area contributed by atoms with Crippen LogP contribution in [-0.2, 0) is 14.3 Å². The van der Waals surface area contributed by atoms with Gasteiger partial charge in [0.1, 0.15) is 0 Å². The molecule has 0 aliphatic rings. The highest BCUT2D eigenvalue weighted by molar-refractivity contribution is 5.75. The molecule has 0 unspecified atom stereocenters. The lowest BCUT2D eigenvalue weighted by atomic mass is 10.2. The number of nitrogens with one attached hydrogen (secondary N) is 1. The van der Waals surface area contributed by atoms with E-state index in [1.165, 1.54) is 0 Å². The molecule has 0 aromatic heterocycles. The molecule has 0 saturated heterocycles. The molecule has 0 aliphatic heterocycles. The summed E-state index contributed by atoms with van der Waals surface area (Å²) in [4.78, 5) is 21.3. The van der Waals surface area contributed by atoms with Gasteiger partial charge in [-0.1, -0.05) is 0 Å². The molecule has 6 nitrogen and oxygen atoms in total. The summed E-state index contributed by atoms with van der Waals surface area (Å²) in [7, 11) is 0. The minimum Gasteiger partial charge on any atom is -0.481 e. The smallest absolute Gasteiger partial charge is 0.303 e. The van der Waals surface area contributed by atoms with E-state index in [2.05, 4.69) is 5.32 Å². The lowest BCUT2D eigenvalue weighted by Gasteiger charge is -2.05. The first kappa shape index (κ1) is 14.9. The van der Waals surface area contributed by atoms with E-state index >= 15 is 0 Å². The van der Waals surface area contributed by atoms with Crippen LogP contribution >= 0.6 is 0 Å². The summed E-state index contributed by atoms with van der Waals surface area (Å²) < 4.78 is 4.95. The van der Waals surface area contributed by atoms with Gasteiger partial charge in [0.15, 0.2) is 0 Å². The monoisotopic (exact) mass is 233 g/mol. The van der Waals surface area contributed by atoms with E-state index in [9.17, 15) is 9.59 Å². The quantitative estimate of drug-likeness (QED) is 0.452. The summed E-state index contributed by atoms with van der Waals surface area (Å²) in [5, 5.41) is 19.4. The fraction of sp³-hybridized carbons (Fsp3) is 0.800. The molecule has 0 atom stereocenters. The molecule has 0 saturated carbocycles. The average molecular weight is 233 g/mol. The van der Waals surface area contributed by atoms with Crippen molar-refractivity contribution in [1.29, 1.82) is 0 Å². The van der Waals surface area contributed by atoms with Gasteiger partial charge in [0.2, 0.25) is 5.91 Å². The van der Waals surface area contributed by atoms with E-state index in [4.69, 9.17) is 14.9 Å². The van der Waals surface area contributed by atoms with Crippen molar-refractivity contribution in [1.82, 2.24) is 5.32 Å². The number of aliphatic carboxylic acids is 1. The Morgan fingerprint density at radius 2 is 1.81 bits per heavy atom. The Morgan fingerprint density at radius 3 is 2.44 bits per heavy atom. The van der Waals surface area contributed by atoms with Gasteiger partial charge in [0.05, 0.1) is 19.8 Å². The number of carbonyl (C=O) groups is 2. The maximum absolute atomic E-state index is 11.2. The topological polar surface area (TPSA) is 95.9 Å². The Morgan fingerprint density at radius 1 is 1.12 bits per heavy atom. The molecule has 0 fully saturated rings. The fourth-order valence-electron chi connectivity index (χ4n) is 1.08. The second-order valence-corrected chi connectivity index (χ2v) is 3.29. The molecule has 0 radical (unpaired) electrons. The van der Waals surface area contributed by atoms with Gasteiger partial charge in [-0.25, -0.2) is 0 Å². The summed E-state index contributed by atoms with van der Waals surface area (Å²) in [5.41, 5.74) is 0. The molecule has 0 bridgehead atoms. The molecule has 3 N–H and O–H groups in total. The predicted octanol–water partition coefficient (Wildman–Crippen LogP) is -0.244. The molecule has 0 aromatic carbocycles. The molecule has 1 amide bonds. The van der Waals surface area contributed by atoms with Gasteiger partial charge in [-0.05, 0) is 12.8 Å². The summed E-state index contributed by atoms with van der Waals surface area (Å²) in [6.07, 6.45) is 1.54. The highest BCUT2D eigenvalue weighted by Crippen LogP contribution is 1.99. The SMILES string of the molecule is O=C(O)CCCCC(=O)NCCOCCO. The molecule has 6 heteroatoms. The number of unbranched alkanes of at least 4 members (excludes halogenated alkanes) is 1. The van der Waals surface area contributed by atoms with Crippen LogP contribution in [0.25, 0.3) is 0 Å². The molecule has 16 heavy (non-hydrogen) atoms. The number of ether oxygens (including phenoxy) is 1. The largest absolute Gasteiger partial charge is 0.481 e. The van der Waals surface area contributed by atoms with Crippen molar-refractivity contribution in [3.05, 3.63) is 0 Å². The fourth-order valence-corrected chi connectivity index (χ4v) is 1.08. The Hall–Kier alpha value is -1.14. The number of hydrogen-bond acceptors (Lipinski definition) is 4. The van der Waals surface area contributed by atoms with Gasteiger partial charge in [-0.15, -0.1) is 0 Å². The third kappa shape index (κ3) is 10.9. The zero-order valence-corrected chi connectivity index (χ0v) is 9.28. The predicted molar refractivity (Wildman–Crippen MR) is 57.0 cm³/mol. The van der Waals surface area contributed by atoms with Crippen LogP contribution in [-0.4, -0.2) is 48.5 Å². The van der Waals surface area contributed by atoms with Crippen molar-refractivity contribution in [2.45, 2.75) is 25.7 Å². The van der Waals surface area contributed by atoms with E-state index in [-0.39, 0.29) is 25.5 Å². The van der Waals surface area contributed by atoms with E-state index in [1.807, 2.05) is 0 Å². The first-order chi connectivity index (χ1) is 7.66. The van der Waals surface area contributed by atoms with Gasteiger partial charge in [0.25, 0.3) is 0 Å². The van der Waals surface area contributed by atoms with Crippen molar-refractivity contribution in [3.8, 4) is 0 Å². The normalized spacial score (nSPS) is 10.1. The molecule has 0 aromatic rings. The van der Waals surface area contributed by atoms with Crippen LogP contribution < -0.4 is 5.32 Å². The van der Waals surface area contributed by atoms with E-state index in [0.29, 0.717) is 32.4 Å². The summed E-state index contributed by atoms with van der Waals surface area (Å²) in [6, 6.07) is 0. The minimum atomic E-state index is -0.835. The molecule has 0 spiro atoms. The van der Waals surface area contributed by atoms with Crippen molar-refractivity contribution >= 4 is 11.9 Å². The van der Waals surface area contributed by atoms with Crippen LogP contribution in [0, 0.1) is 0 Å². The summed E-state index contributed by atoms with van der Waals surface area (Å²) in [5.74, 6) is -0.934. The van der Waals surface area contributed by atoms with Gasteiger partial charge >= 0.3 is 5.97 Å². The van der Waals surface area contributed by atoms with Crippen LogP contribution in [0.5, 0.6) is 0 Å². The molecule has 0 heterocycles.